The SMILES string of the molecule is CC(C)CSc1nnc(NC(=O)C2CCCN(S(=O)(=O)c3cccs3)C2)s1. The molecule has 7 nitrogen and oxygen atoms in total. The van der Waals surface area contributed by atoms with E-state index < -0.39 is 10.0 Å². The topological polar surface area (TPSA) is 92.3 Å². The molecule has 1 amide bonds. The number of anilines is 1. The maximum atomic E-state index is 12.7. The van der Waals surface area contributed by atoms with E-state index in [-0.39, 0.29) is 18.4 Å². The zero-order valence-electron chi connectivity index (χ0n) is 15.1. The van der Waals surface area contributed by atoms with Crippen LogP contribution in [0.15, 0.2) is 26.1 Å². The summed E-state index contributed by atoms with van der Waals surface area (Å²) in [5.41, 5.74) is 0. The lowest BCUT2D eigenvalue weighted by molar-refractivity contribution is -0.120. The molecule has 0 aromatic carbocycles. The number of carbonyl (C=O) groups is 1. The Bertz CT molecular complexity index is 864. The molecule has 0 aliphatic carbocycles. The number of amides is 1. The van der Waals surface area contributed by atoms with Gasteiger partial charge in [-0.2, -0.15) is 4.31 Å². The van der Waals surface area contributed by atoms with Crippen molar-refractivity contribution in [2.24, 2.45) is 11.8 Å². The number of hydrogen-bond donors (Lipinski definition) is 1. The molecule has 2 aromatic rings. The molecule has 3 heterocycles. The number of aromatic nitrogens is 2. The highest BCUT2D eigenvalue weighted by Gasteiger charge is 2.34. The Morgan fingerprint density at radius 2 is 2.26 bits per heavy atom. The molecular formula is C16H22N4O3S4. The number of nitrogens with zero attached hydrogens (tertiary/aromatic N) is 3. The summed E-state index contributed by atoms with van der Waals surface area (Å²) in [5.74, 6) is 0.915. The van der Waals surface area contributed by atoms with Gasteiger partial charge in [0.1, 0.15) is 4.21 Å². The zero-order valence-corrected chi connectivity index (χ0v) is 18.4. The Labute approximate surface area is 171 Å². The first-order valence-electron chi connectivity index (χ1n) is 8.67. The summed E-state index contributed by atoms with van der Waals surface area (Å²) in [6.07, 6.45) is 1.32. The van der Waals surface area contributed by atoms with Gasteiger partial charge in [-0.05, 0) is 30.2 Å². The zero-order chi connectivity index (χ0) is 19.4. The largest absolute Gasteiger partial charge is 0.300 e. The van der Waals surface area contributed by atoms with E-state index in [1.807, 2.05) is 0 Å². The maximum Gasteiger partial charge on any atom is 0.252 e. The Hall–Kier alpha value is -1.01. The van der Waals surface area contributed by atoms with Gasteiger partial charge in [-0.25, -0.2) is 8.42 Å². The second kappa shape index (κ2) is 8.99. The van der Waals surface area contributed by atoms with E-state index in [1.165, 1.54) is 27.0 Å². The van der Waals surface area contributed by atoms with Gasteiger partial charge in [-0.1, -0.05) is 43.0 Å². The average molecular weight is 447 g/mol. The van der Waals surface area contributed by atoms with Gasteiger partial charge in [-0.15, -0.1) is 21.5 Å². The standard InChI is InChI=1S/C16H22N4O3S4/c1-11(2)10-25-16-19-18-15(26-16)17-14(21)12-5-3-7-20(9-12)27(22,23)13-6-4-8-24-13/h4,6,8,11-12H,3,5,7,9-10H2,1-2H3,(H,17,18,21). The van der Waals surface area contributed by atoms with Crippen molar-refractivity contribution in [2.75, 3.05) is 24.2 Å². The number of sulfonamides is 1. The highest BCUT2D eigenvalue weighted by molar-refractivity contribution is 8.01. The molecule has 0 saturated carbocycles. The van der Waals surface area contributed by atoms with Crippen LogP contribution in [0.25, 0.3) is 0 Å². The van der Waals surface area contributed by atoms with Crippen LogP contribution in [-0.4, -0.2) is 47.7 Å². The van der Waals surface area contributed by atoms with Crippen LogP contribution in [0, 0.1) is 11.8 Å². The van der Waals surface area contributed by atoms with Gasteiger partial charge in [-0.3, -0.25) is 4.79 Å². The molecule has 1 aliphatic rings. The van der Waals surface area contributed by atoms with Crippen LogP contribution in [0.2, 0.25) is 0 Å². The van der Waals surface area contributed by atoms with E-state index in [0.717, 1.165) is 10.1 Å². The van der Waals surface area contributed by atoms with Crippen LogP contribution in [0.3, 0.4) is 0 Å². The van der Waals surface area contributed by atoms with Crippen molar-refractivity contribution < 1.29 is 13.2 Å². The molecule has 1 saturated heterocycles. The second-order valence-corrected chi connectivity index (χ2v) is 12.1. The van der Waals surface area contributed by atoms with E-state index in [9.17, 15) is 13.2 Å². The third-order valence-electron chi connectivity index (χ3n) is 4.02. The van der Waals surface area contributed by atoms with Crippen LogP contribution in [0.4, 0.5) is 5.13 Å². The minimum Gasteiger partial charge on any atom is -0.300 e. The summed E-state index contributed by atoms with van der Waals surface area (Å²) >= 11 is 4.17. The minimum atomic E-state index is -3.53. The molecule has 0 radical (unpaired) electrons. The average Bonchev–Trinajstić information content (AvgIpc) is 3.32. The fourth-order valence-electron chi connectivity index (χ4n) is 2.68. The summed E-state index contributed by atoms with van der Waals surface area (Å²) in [6, 6.07) is 3.32. The van der Waals surface area contributed by atoms with Gasteiger partial charge in [0.2, 0.25) is 11.0 Å². The van der Waals surface area contributed by atoms with Crippen molar-refractivity contribution in [1.29, 1.82) is 0 Å². The van der Waals surface area contributed by atoms with Gasteiger partial charge in [0.25, 0.3) is 10.0 Å². The first-order chi connectivity index (χ1) is 12.9. The number of thiophene rings is 1. The second-order valence-electron chi connectivity index (χ2n) is 6.70. The highest BCUT2D eigenvalue weighted by atomic mass is 32.2. The number of hydrogen-bond acceptors (Lipinski definition) is 8. The van der Waals surface area contributed by atoms with Gasteiger partial charge in [0.15, 0.2) is 4.34 Å². The van der Waals surface area contributed by atoms with Crippen molar-refractivity contribution in [3.63, 3.8) is 0 Å². The fraction of sp³-hybridized carbons (Fsp3) is 0.562. The van der Waals surface area contributed by atoms with Crippen molar-refractivity contribution >= 4 is 55.5 Å². The summed E-state index contributed by atoms with van der Waals surface area (Å²) in [7, 11) is -3.53. The van der Waals surface area contributed by atoms with Gasteiger partial charge in [0, 0.05) is 18.8 Å². The van der Waals surface area contributed by atoms with Crippen molar-refractivity contribution in [3.05, 3.63) is 17.5 Å². The molecular weight excluding hydrogens is 424 g/mol. The molecule has 0 bridgehead atoms. The summed E-state index contributed by atoms with van der Waals surface area (Å²) < 4.78 is 27.9. The molecule has 1 atom stereocenters. The summed E-state index contributed by atoms with van der Waals surface area (Å²) in [6.45, 7) is 4.91. The summed E-state index contributed by atoms with van der Waals surface area (Å²) in [4.78, 5) is 12.6. The van der Waals surface area contributed by atoms with E-state index in [4.69, 9.17) is 0 Å². The highest BCUT2D eigenvalue weighted by Crippen LogP contribution is 2.29. The van der Waals surface area contributed by atoms with Crippen molar-refractivity contribution in [2.45, 2.75) is 35.2 Å². The van der Waals surface area contributed by atoms with Crippen molar-refractivity contribution in [1.82, 2.24) is 14.5 Å². The van der Waals surface area contributed by atoms with Gasteiger partial charge in [0.05, 0.1) is 5.92 Å². The molecule has 2 aromatic heterocycles. The quantitative estimate of drug-likeness (QED) is 0.518. The fourth-order valence-corrected chi connectivity index (χ4v) is 7.08. The minimum absolute atomic E-state index is 0.194. The van der Waals surface area contributed by atoms with Crippen LogP contribution in [0.1, 0.15) is 26.7 Å². The van der Waals surface area contributed by atoms with E-state index in [1.54, 1.807) is 29.3 Å². The third kappa shape index (κ3) is 5.29. The number of rotatable bonds is 7. The van der Waals surface area contributed by atoms with E-state index >= 15 is 0 Å². The number of carbonyl (C=O) groups excluding carboxylic acids is 1. The first-order valence-corrected chi connectivity index (χ1v) is 12.8. The molecule has 3 rings (SSSR count). The lowest BCUT2D eigenvalue weighted by Crippen LogP contribution is -2.43. The molecule has 0 spiro atoms. The predicted octanol–water partition coefficient (Wildman–Crippen LogP) is 3.39. The number of nitrogens with one attached hydrogen (secondary N) is 1. The Morgan fingerprint density at radius 3 is 2.96 bits per heavy atom. The monoisotopic (exact) mass is 446 g/mol. The maximum absolute atomic E-state index is 12.7. The van der Waals surface area contributed by atoms with Gasteiger partial charge >= 0.3 is 0 Å². The molecule has 148 valence electrons. The first kappa shape index (κ1) is 20.7. The Morgan fingerprint density at radius 1 is 1.44 bits per heavy atom. The predicted molar refractivity (Wildman–Crippen MR) is 110 cm³/mol. The van der Waals surface area contributed by atoms with Crippen LogP contribution in [-0.2, 0) is 14.8 Å². The Kier molecular flexibility index (Phi) is 6.90. The Balaban J connectivity index is 1.60. The number of thioether (sulfide) groups is 1. The molecule has 1 aliphatic heterocycles. The van der Waals surface area contributed by atoms with E-state index in [2.05, 4.69) is 29.4 Å². The number of piperidine rings is 1. The van der Waals surface area contributed by atoms with Crippen LogP contribution >= 0.6 is 34.4 Å². The van der Waals surface area contributed by atoms with E-state index in [0.29, 0.717) is 34.6 Å². The van der Waals surface area contributed by atoms with Crippen LogP contribution in [0.5, 0.6) is 0 Å². The summed E-state index contributed by atoms with van der Waals surface area (Å²) in [5, 5.41) is 13.1. The third-order valence-corrected chi connectivity index (χ3v) is 9.66. The molecule has 27 heavy (non-hydrogen) atoms. The van der Waals surface area contributed by atoms with Crippen molar-refractivity contribution in [3.8, 4) is 0 Å². The smallest absolute Gasteiger partial charge is 0.252 e. The normalized spacial score (nSPS) is 18.7. The molecule has 1 fully saturated rings. The molecule has 11 heteroatoms. The lowest BCUT2D eigenvalue weighted by Gasteiger charge is -2.30. The lowest BCUT2D eigenvalue weighted by atomic mass is 9.99. The molecule has 1 unspecified atom stereocenters. The molecule has 1 N–H and O–H groups in total. The van der Waals surface area contributed by atoms with Crippen LogP contribution < -0.4 is 5.32 Å². The van der Waals surface area contributed by atoms with Gasteiger partial charge < -0.3 is 5.32 Å².